The fourth-order valence-electron chi connectivity index (χ4n) is 3.18. The van der Waals surface area contributed by atoms with Crippen LogP contribution in [0.5, 0.6) is 5.75 Å². The van der Waals surface area contributed by atoms with Gasteiger partial charge in [0.05, 0.1) is 13.7 Å². The number of ether oxygens (including phenoxy) is 1. The third-order valence-corrected chi connectivity index (χ3v) is 4.81. The van der Waals surface area contributed by atoms with Crippen LogP contribution in [0, 0.1) is 20.8 Å². The maximum absolute atomic E-state index is 12.8. The highest BCUT2D eigenvalue weighted by atomic mass is 16.5. The molecule has 0 spiro atoms. The zero-order valence-corrected chi connectivity index (χ0v) is 16.8. The molecule has 28 heavy (non-hydrogen) atoms. The van der Waals surface area contributed by atoms with E-state index in [-0.39, 0.29) is 24.1 Å². The molecule has 0 bridgehead atoms. The summed E-state index contributed by atoms with van der Waals surface area (Å²) in [5, 5.41) is 3.71. The summed E-state index contributed by atoms with van der Waals surface area (Å²) in [6.07, 6.45) is 0. The lowest BCUT2D eigenvalue weighted by Gasteiger charge is -2.17. The number of carbonyl (C=O) groups excluding carboxylic acids is 2. The number of nitrogens with one attached hydrogen (secondary N) is 1. The maximum Gasteiger partial charge on any atom is 0.290 e. The number of likely N-dealkylation sites (N-methyl/N-ethyl adjacent to an activating group) is 1. The Labute approximate surface area is 164 Å². The summed E-state index contributed by atoms with van der Waals surface area (Å²) in [6.45, 7) is 5.61. The van der Waals surface area contributed by atoms with Crippen LogP contribution in [0.1, 0.15) is 27.2 Å². The number of aryl methyl sites for hydroxylation is 3. The Morgan fingerprint density at radius 2 is 1.79 bits per heavy atom. The van der Waals surface area contributed by atoms with Crippen molar-refractivity contribution >= 4 is 28.5 Å². The average molecular weight is 380 g/mol. The molecular formula is C22H24N2O4. The Morgan fingerprint density at radius 3 is 2.43 bits per heavy atom. The molecule has 2 amide bonds. The second kappa shape index (κ2) is 7.76. The van der Waals surface area contributed by atoms with Crippen LogP contribution in [0.25, 0.3) is 11.0 Å². The van der Waals surface area contributed by atoms with Crippen molar-refractivity contribution in [2.75, 3.05) is 26.0 Å². The summed E-state index contributed by atoms with van der Waals surface area (Å²) >= 11 is 0. The Kier molecular flexibility index (Phi) is 5.40. The number of anilines is 1. The zero-order chi connectivity index (χ0) is 20.4. The van der Waals surface area contributed by atoms with Crippen molar-refractivity contribution in [3.8, 4) is 5.75 Å². The number of hydrogen-bond donors (Lipinski definition) is 1. The van der Waals surface area contributed by atoms with Crippen molar-refractivity contribution < 1.29 is 18.7 Å². The first-order chi connectivity index (χ1) is 13.3. The quantitative estimate of drug-likeness (QED) is 0.724. The molecule has 146 valence electrons. The molecule has 0 aliphatic carbocycles. The summed E-state index contributed by atoms with van der Waals surface area (Å²) in [6, 6.07) is 11.2. The summed E-state index contributed by atoms with van der Waals surface area (Å²) in [7, 11) is 3.17. The van der Waals surface area contributed by atoms with E-state index in [1.54, 1.807) is 26.3 Å². The highest BCUT2D eigenvalue weighted by molar-refractivity contribution is 6.02. The SMILES string of the molecule is COc1ccc2oc(C(=O)N(C)CC(=O)Nc3c(C)cccc3C)c(C)c2c1. The van der Waals surface area contributed by atoms with Crippen LogP contribution in [0.15, 0.2) is 40.8 Å². The van der Waals surface area contributed by atoms with E-state index >= 15 is 0 Å². The molecule has 0 saturated heterocycles. The van der Waals surface area contributed by atoms with E-state index in [1.165, 1.54) is 4.90 Å². The number of para-hydroxylation sites is 1. The third-order valence-electron chi connectivity index (χ3n) is 4.81. The molecule has 3 aromatic rings. The van der Waals surface area contributed by atoms with Gasteiger partial charge in [-0.15, -0.1) is 0 Å². The van der Waals surface area contributed by atoms with Gasteiger partial charge in [0, 0.05) is 23.7 Å². The predicted octanol–water partition coefficient (Wildman–Crippen LogP) is 4.08. The van der Waals surface area contributed by atoms with E-state index in [1.807, 2.05) is 45.0 Å². The molecule has 0 unspecified atom stereocenters. The van der Waals surface area contributed by atoms with E-state index in [2.05, 4.69) is 5.32 Å². The van der Waals surface area contributed by atoms with Gasteiger partial charge >= 0.3 is 0 Å². The van der Waals surface area contributed by atoms with Gasteiger partial charge < -0.3 is 19.4 Å². The van der Waals surface area contributed by atoms with Crippen LogP contribution in [-0.4, -0.2) is 37.4 Å². The lowest BCUT2D eigenvalue weighted by atomic mass is 10.1. The molecule has 6 heteroatoms. The van der Waals surface area contributed by atoms with Gasteiger partial charge in [0.15, 0.2) is 5.76 Å². The summed E-state index contributed by atoms with van der Waals surface area (Å²) in [5.41, 5.74) is 4.06. The van der Waals surface area contributed by atoms with Crippen LogP contribution in [0.2, 0.25) is 0 Å². The number of hydrogen-bond acceptors (Lipinski definition) is 4. The first-order valence-electron chi connectivity index (χ1n) is 9.00. The Hall–Kier alpha value is -3.28. The highest BCUT2D eigenvalue weighted by Crippen LogP contribution is 2.29. The van der Waals surface area contributed by atoms with Gasteiger partial charge in [-0.1, -0.05) is 18.2 Å². The number of carbonyl (C=O) groups is 2. The Bertz CT molecular complexity index is 1030. The third kappa shape index (κ3) is 3.71. The topological polar surface area (TPSA) is 71.8 Å². The van der Waals surface area contributed by atoms with Crippen LogP contribution in [0.4, 0.5) is 5.69 Å². The molecule has 1 N–H and O–H groups in total. The largest absolute Gasteiger partial charge is 0.497 e. The molecule has 1 heterocycles. The van der Waals surface area contributed by atoms with Gasteiger partial charge in [0.25, 0.3) is 5.91 Å². The first kappa shape index (κ1) is 19.5. The number of nitrogens with zero attached hydrogens (tertiary/aromatic N) is 1. The smallest absolute Gasteiger partial charge is 0.290 e. The van der Waals surface area contributed by atoms with E-state index in [9.17, 15) is 9.59 Å². The lowest BCUT2D eigenvalue weighted by molar-refractivity contribution is -0.116. The molecular weight excluding hydrogens is 356 g/mol. The zero-order valence-electron chi connectivity index (χ0n) is 16.8. The normalized spacial score (nSPS) is 10.8. The van der Waals surface area contributed by atoms with Gasteiger partial charge in [0.2, 0.25) is 5.91 Å². The van der Waals surface area contributed by atoms with E-state index in [0.29, 0.717) is 11.3 Å². The van der Waals surface area contributed by atoms with Gasteiger partial charge in [-0.3, -0.25) is 9.59 Å². The van der Waals surface area contributed by atoms with Crippen LogP contribution in [0.3, 0.4) is 0 Å². The van der Waals surface area contributed by atoms with Crippen LogP contribution >= 0.6 is 0 Å². The number of methoxy groups -OCH3 is 1. The number of benzene rings is 2. The van der Waals surface area contributed by atoms with Crippen molar-refractivity contribution in [1.29, 1.82) is 0 Å². The minimum atomic E-state index is -0.343. The van der Waals surface area contributed by atoms with Crippen molar-refractivity contribution in [3.63, 3.8) is 0 Å². The van der Waals surface area contributed by atoms with Gasteiger partial charge in [-0.05, 0) is 50.1 Å². The van der Waals surface area contributed by atoms with Gasteiger partial charge in [-0.25, -0.2) is 0 Å². The van der Waals surface area contributed by atoms with Crippen molar-refractivity contribution in [2.24, 2.45) is 0 Å². The van der Waals surface area contributed by atoms with E-state index in [4.69, 9.17) is 9.15 Å². The van der Waals surface area contributed by atoms with Gasteiger partial charge in [-0.2, -0.15) is 0 Å². The van der Waals surface area contributed by atoms with Crippen molar-refractivity contribution in [3.05, 3.63) is 58.8 Å². The van der Waals surface area contributed by atoms with Crippen LogP contribution < -0.4 is 10.1 Å². The first-order valence-corrected chi connectivity index (χ1v) is 9.00. The summed E-state index contributed by atoms with van der Waals surface area (Å²) in [5.74, 6) is 0.315. The molecule has 0 radical (unpaired) electrons. The molecule has 0 saturated carbocycles. The minimum absolute atomic E-state index is 0.0770. The molecule has 2 aromatic carbocycles. The Balaban J connectivity index is 1.76. The number of furan rings is 1. The summed E-state index contributed by atoms with van der Waals surface area (Å²) in [4.78, 5) is 26.6. The van der Waals surface area contributed by atoms with E-state index < -0.39 is 0 Å². The monoisotopic (exact) mass is 380 g/mol. The van der Waals surface area contributed by atoms with Crippen molar-refractivity contribution in [1.82, 2.24) is 4.90 Å². The minimum Gasteiger partial charge on any atom is -0.497 e. The molecule has 0 aliphatic rings. The van der Waals surface area contributed by atoms with Gasteiger partial charge in [0.1, 0.15) is 11.3 Å². The van der Waals surface area contributed by atoms with Crippen LogP contribution in [-0.2, 0) is 4.79 Å². The van der Waals surface area contributed by atoms with Crippen molar-refractivity contribution in [2.45, 2.75) is 20.8 Å². The fourth-order valence-corrected chi connectivity index (χ4v) is 3.18. The lowest BCUT2D eigenvalue weighted by Crippen LogP contribution is -2.35. The average Bonchev–Trinajstić information content (AvgIpc) is 3.00. The standard InChI is InChI=1S/C22H24N2O4/c1-13-7-6-8-14(2)20(13)23-19(25)12-24(4)22(26)21-15(3)17-11-16(27-5)9-10-18(17)28-21/h6-11H,12H2,1-5H3,(H,23,25). The predicted molar refractivity (Wildman–Crippen MR) is 109 cm³/mol. The summed E-state index contributed by atoms with van der Waals surface area (Å²) < 4.78 is 11.0. The molecule has 0 aliphatic heterocycles. The number of fused-ring (bicyclic) bond motifs is 1. The number of rotatable bonds is 5. The number of amides is 2. The molecule has 6 nitrogen and oxygen atoms in total. The Morgan fingerprint density at radius 1 is 1.11 bits per heavy atom. The molecule has 0 atom stereocenters. The molecule has 1 aromatic heterocycles. The molecule has 3 rings (SSSR count). The second-order valence-electron chi connectivity index (χ2n) is 6.89. The molecule has 0 fully saturated rings. The second-order valence-corrected chi connectivity index (χ2v) is 6.89. The maximum atomic E-state index is 12.8. The highest BCUT2D eigenvalue weighted by Gasteiger charge is 2.23. The van der Waals surface area contributed by atoms with E-state index in [0.717, 1.165) is 27.8 Å². The fraction of sp³-hybridized carbons (Fsp3) is 0.273.